The molecule has 12 heteroatoms. The first-order valence-corrected chi connectivity index (χ1v) is 17.6. The van der Waals surface area contributed by atoms with Crippen molar-refractivity contribution in [3.05, 3.63) is 59.7 Å². The lowest BCUT2D eigenvalue weighted by molar-refractivity contribution is 0.407. The van der Waals surface area contributed by atoms with Crippen LogP contribution in [0.2, 0.25) is 0 Å². The van der Waals surface area contributed by atoms with Crippen molar-refractivity contribution in [1.82, 2.24) is 21.3 Å². The van der Waals surface area contributed by atoms with Crippen LogP contribution in [0, 0.1) is 0 Å². The number of para-hydroxylation sites is 2. The van der Waals surface area contributed by atoms with E-state index in [2.05, 4.69) is 45.5 Å². The first kappa shape index (κ1) is 48.1. The Hall–Kier alpha value is -0.260. The van der Waals surface area contributed by atoms with Gasteiger partial charge in [0.25, 0.3) is 0 Å². The minimum atomic E-state index is 0. The van der Waals surface area contributed by atoms with E-state index in [4.69, 9.17) is 9.47 Å². The van der Waals surface area contributed by atoms with E-state index in [9.17, 15) is 0 Å². The minimum absolute atomic E-state index is 0. The monoisotopic (exact) mass is 734 g/mol. The number of benzene rings is 2. The average Bonchev–Trinajstić information content (AvgIpc) is 2.99. The van der Waals surface area contributed by atoms with Gasteiger partial charge in [-0.25, -0.2) is 0 Å². The third kappa shape index (κ3) is 24.9. The summed E-state index contributed by atoms with van der Waals surface area (Å²) in [5.74, 6) is 4.31. The number of hydrogen-bond donors (Lipinski definition) is 4. The molecule has 0 saturated carbocycles. The number of hydrogen-bond acceptors (Lipinski definition) is 8. The fourth-order valence-electron chi connectivity index (χ4n) is 4.45. The van der Waals surface area contributed by atoms with Crippen LogP contribution in [0.25, 0.3) is 0 Å². The molecular weight excluding hydrogens is 678 g/mol. The van der Waals surface area contributed by atoms with Crippen LogP contribution >= 0.6 is 71.2 Å². The summed E-state index contributed by atoms with van der Waals surface area (Å²) in [6.07, 6.45) is 10.2. The summed E-state index contributed by atoms with van der Waals surface area (Å²) >= 11 is 0. The van der Waals surface area contributed by atoms with Crippen LogP contribution in [0.15, 0.2) is 48.5 Å². The third-order valence-corrected chi connectivity index (χ3v) is 9.15. The molecule has 0 aliphatic rings. The Morgan fingerprint density at radius 1 is 0.455 bits per heavy atom. The second-order valence-electron chi connectivity index (χ2n) is 9.95. The fourth-order valence-corrected chi connectivity index (χ4v) is 6.34. The molecule has 0 aliphatic carbocycles. The van der Waals surface area contributed by atoms with E-state index in [0.717, 1.165) is 63.9 Å². The maximum absolute atomic E-state index is 5.40. The van der Waals surface area contributed by atoms with E-state index in [-0.39, 0.29) is 49.6 Å². The smallest absolute Gasteiger partial charge is 0.123 e. The predicted octanol–water partition coefficient (Wildman–Crippen LogP) is 7.95. The number of halogens is 4. The van der Waals surface area contributed by atoms with Crippen LogP contribution < -0.4 is 30.7 Å². The van der Waals surface area contributed by atoms with E-state index in [1.54, 1.807) is 14.2 Å². The number of methoxy groups -OCH3 is 2. The van der Waals surface area contributed by atoms with Crippen LogP contribution in [0.1, 0.15) is 62.5 Å². The van der Waals surface area contributed by atoms with Crippen molar-refractivity contribution in [2.75, 3.05) is 65.0 Å². The zero-order chi connectivity index (χ0) is 28.4. The van der Waals surface area contributed by atoms with Gasteiger partial charge in [0.15, 0.2) is 0 Å². The van der Waals surface area contributed by atoms with Gasteiger partial charge in [0.1, 0.15) is 11.5 Å². The first-order valence-electron chi connectivity index (χ1n) is 15.2. The van der Waals surface area contributed by atoms with E-state index in [0.29, 0.717) is 0 Å². The highest BCUT2D eigenvalue weighted by atomic mass is 35.5. The molecule has 0 amide bonds. The average molecular weight is 737 g/mol. The molecule has 4 N–H and O–H groups in total. The Balaban J connectivity index is -0.00000420. The van der Waals surface area contributed by atoms with Gasteiger partial charge in [-0.2, -0.15) is 0 Å². The van der Waals surface area contributed by atoms with E-state index in [1.165, 1.54) is 74.0 Å². The number of nitrogens with one attached hydrogen (secondary N) is 4. The van der Waals surface area contributed by atoms with Crippen LogP contribution in [0.4, 0.5) is 0 Å². The van der Waals surface area contributed by atoms with Gasteiger partial charge in [-0.1, -0.05) is 83.7 Å². The molecule has 44 heavy (non-hydrogen) atoms. The van der Waals surface area contributed by atoms with Gasteiger partial charge < -0.3 is 30.7 Å². The maximum Gasteiger partial charge on any atom is 0.123 e. The van der Waals surface area contributed by atoms with Gasteiger partial charge in [-0.05, 0) is 64.0 Å². The van der Waals surface area contributed by atoms with Crippen molar-refractivity contribution in [2.24, 2.45) is 0 Å². The van der Waals surface area contributed by atoms with Crippen LogP contribution in [-0.4, -0.2) is 65.0 Å². The van der Waals surface area contributed by atoms with Gasteiger partial charge in [-0.15, -0.1) is 49.6 Å². The molecule has 0 fully saturated rings. The molecule has 2 aromatic carbocycles. The lowest BCUT2D eigenvalue weighted by Gasteiger charge is -2.09. The molecule has 0 bridgehead atoms. The Kier molecular flexibility index (Phi) is 38.9. The number of unbranched alkanes of at least 4 members (excludes halogenated alkanes) is 6. The minimum Gasteiger partial charge on any atom is -0.496 e. The topological polar surface area (TPSA) is 66.6 Å². The summed E-state index contributed by atoms with van der Waals surface area (Å²) in [4.78, 5) is 0. The molecule has 0 atom stereocenters. The normalized spacial score (nSPS) is 10.1. The number of ether oxygens (including phenoxy) is 2. The summed E-state index contributed by atoms with van der Waals surface area (Å²) < 4.78 is 10.8. The highest BCUT2D eigenvalue weighted by Gasteiger charge is 2.01. The largest absolute Gasteiger partial charge is 0.496 e. The Morgan fingerprint density at radius 2 is 0.795 bits per heavy atom. The molecule has 2 aromatic rings. The zero-order valence-electron chi connectivity index (χ0n) is 26.6. The highest BCUT2D eigenvalue weighted by molar-refractivity contribution is 8.76. The summed E-state index contributed by atoms with van der Waals surface area (Å²) in [7, 11) is 7.46. The predicted molar refractivity (Wildman–Crippen MR) is 206 cm³/mol. The molecule has 6 nitrogen and oxygen atoms in total. The lowest BCUT2D eigenvalue weighted by Crippen LogP contribution is -2.19. The van der Waals surface area contributed by atoms with Crippen molar-refractivity contribution in [2.45, 2.75) is 64.5 Å². The Bertz CT molecular complexity index is 809. The van der Waals surface area contributed by atoms with Crippen LogP contribution in [-0.2, 0) is 13.1 Å². The molecular formula is C32H58Cl4N4O2S2. The van der Waals surface area contributed by atoms with Crippen LogP contribution in [0.3, 0.4) is 0 Å². The molecule has 0 aliphatic heterocycles. The summed E-state index contributed by atoms with van der Waals surface area (Å²) in [5.41, 5.74) is 2.46. The molecule has 0 radical (unpaired) electrons. The zero-order valence-corrected chi connectivity index (χ0v) is 31.5. The van der Waals surface area contributed by atoms with Gasteiger partial charge in [0, 0.05) is 48.8 Å². The lowest BCUT2D eigenvalue weighted by atomic mass is 10.1. The van der Waals surface area contributed by atoms with Gasteiger partial charge in [0.05, 0.1) is 14.2 Å². The third-order valence-electron chi connectivity index (χ3n) is 6.74. The molecule has 0 heterocycles. The molecule has 0 aromatic heterocycles. The van der Waals surface area contributed by atoms with Gasteiger partial charge in [-0.3, -0.25) is 0 Å². The highest BCUT2D eigenvalue weighted by Crippen LogP contribution is 2.19. The molecule has 0 saturated heterocycles. The summed E-state index contributed by atoms with van der Waals surface area (Å²) in [6.45, 7) is 8.39. The maximum atomic E-state index is 5.40. The Morgan fingerprint density at radius 3 is 1.16 bits per heavy atom. The van der Waals surface area contributed by atoms with Crippen molar-refractivity contribution >= 4 is 71.2 Å². The molecule has 2 rings (SSSR count). The second kappa shape index (κ2) is 35.6. The van der Waals surface area contributed by atoms with Gasteiger partial charge >= 0.3 is 0 Å². The second-order valence-corrected chi connectivity index (χ2v) is 12.7. The van der Waals surface area contributed by atoms with E-state index >= 15 is 0 Å². The standard InChI is InChI=1S/C32H54N4O2S2.4ClH/c1-37-31-17-9-7-15-29(31)27-35-21-13-5-3-11-19-33-23-25-39-40-26-24-34-20-12-4-6-14-22-36-28-30-16-8-10-18-32(30)38-2;;;;/h7-10,15-18,33-36H,3-6,11-14,19-28H2,1-2H3;4*1H. The fraction of sp³-hybridized carbons (Fsp3) is 0.625. The van der Waals surface area contributed by atoms with Gasteiger partial charge in [0.2, 0.25) is 0 Å². The van der Waals surface area contributed by atoms with E-state index < -0.39 is 0 Å². The van der Waals surface area contributed by atoms with Crippen molar-refractivity contribution < 1.29 is 9.47 Å². The van der Waals surface area contributed by atoms with Crippen molar-refractivity contribution in [1.29, 1.82) is 0 Å². The van der Waals surface area contributed by atoms with Crippen molar-refractivity contribution in [3.8, 4) is 11.5 Å². The van der Waals surface area contributed by atoms with Crippen molar-refractivity contribution in [3.63, 3.8) is 0 Å². The molecule has 258 valence electrons. The summed E-state index contributed by atoms with van der Waals surface area (Å²) in [5, 5.41) is 14.2. The SMILES string of the molecule is COc1ccccc1CNCCCCCCNCCSSCCNCCCCCCNCc1ccccc1OC.Cl.Cl.Cl.Cl. The van der Waals surface area contributed by atoms with Crippen LogP contribution in [0.5, 0.6) is 11.5 Å². The Labute approximate surface area is 300 Å². The molecule has 0 unspecified atom stereocenters. The molecule has 0 spiro atoms. The number of rotatable bonds is 27. The van der Waals surface area contributed by atoms with E-state index in [1.807, 2.05) is 45.9 Å². The quantitative estimate of drug-likeness (QED) is 0.0545. The summed E-state index contributed by atoms with van der Waals surface area (Å²) in [6, 6.07) is 16.5. The first-order chi connectivity index (χ1) is 19.8.